The van der Waals surface area contributed by atoms with Gasteiger partial charge in [0, 0.05) is 27.6 Å². The van der Waals surface area contributed by atoms with Crippen molar-refractivity contribution in [1.29, 1.82) is 0 Å². The van der Waals surface area contributed by atoms with E-state index in [1.54, 1.807) is 0 Å². The number of nitrogens with zero attached hydrogens (tertiary/aromatic N) is 3. The van der Waals surface area contributed by atoms with Crippen LogP contribution in [0, 0.1) is 6.92 Å². The Morgan fingerprint density at radius 2 is 1.46 bits per heavy atom. The van der Waals surface area contributed by atoms with Crippen LogP contribution in [0.25, 0.3) is 50.2 Å². The van der Waals surface area contributed by atoms with Crippen LogP contribution in [0.5, 0.6) is 0 Å². The van der Waals surface area contributed by atoms with Crippen molar-refractivity contribution in [3.05, 3.63) is 89.6 Å². The van der Waals surface area contributed by atoms with Crippen LogP contribution >= 0.6 is 0 Å². The van der Waals surface area contributed by atoms with Gasteiger partial charge >= 0.3 is 0 Å². The summed E-state index contributed by atoms with van der Waals surface area (Å²) in [5, 5.41) is 2.14. The number of hydrogen-bond donors (Lipinski definition) is 0. The lowest BCUT2D eigenvalue weighted by Crippen LogP contribution is -2.12. The molecule has 0 unspecified atom stereocenters. The van der Waals surface area contributed by atoms with Crippen molar-refractivity contribution in [2.45, 2.75) is 59.3 Å². The van der Waals surface area contributed by atoms with Gasteiger partial charge < -0.3 is 4.42 Å². The largest absolute Gasteiger partial charge is 0.437 e. The van der Waals surface area contributed by atoms with Crippen LogP contribution in [0.15, 0.2) is 77.2 Å². The van der Waals surface area contributed by atoms with Crippen LogP contribution in [-0.2, 0) is 10.8 Å². The van der Waals surface area contributed by atoms with Gasteiger partial charge in [0.05, 0.1) is 16.6 Å². The highest BCUT2D eigenvalue weighted by Crippen LogP contribution is 2.39. The minimum Gasteiger partial charge on any atom is -0.437 e. The lowest BCUT2D eigenvalue weighted by molar-refractivity contribution is 0.562. The molecule has 0 spiro atoms. The second-order valence-electron chi connectivity index (χ2n) is 12.1. The molecule has 0 bridgehead atoms. The monoisotopic (exact) mass is 487 g/mol. The molecule has 4 nitrogen and oxygen atoms in total. The minimum absolute atomic E-state index is 0.0573. The van der Waals surface area contributed by atoms with Gasteiger partial charge in [0.15, 0.2) is 0 Å². The molecule has 6 aromatic rings. The molecule has 186 valence electrons. The summed E-state index contributed by atoms with van der Waals surface area (Å²) < 4.78 is 8.78. The summed E-state index contributed by atoms with van der Waals surface area (Å²) >= 11 is 0. The summed E-state index contributed by atoms with van der Waals surface area (Å²) in [7, 11) is 0. The summed E-state index contributed by atoms with van der Waals surface area (Å²) in [6.45, 7) is 15.4. The number of benzene rings is 3. The van der Waals surface area contributed by atoms with Gasteiger partial charge in [0.25, 0.3) is 0 Å². The number of furan rings is 1. The first kappa shape index (κ1) is 23.5. The predicted molar refractivity (Wildman–Crippen MR) is 154 cm³/mol. The standard InChI is InChI=1S/C33H33N3O/c1-20-12-17-24(29-28(20)23-18-19-27(33(5,6)7)35-31(23)37-29)30-34-25-10-8-9-11-26(25)36(30)22-15-13-21(14-16-22)32(2,3)4/h8-19H,1-7H3. The SMILES string of the molecule is Cc1ccc(-c2nc3ccccc3n2-c2ccc(C(C)(C)C)cc2)c2oc3nc(C(C)(C)C)ccc3c12. The molecule has 0 radical (unpaired) electrons. The number of fused-ring (bicyclic) bond motifs is 4. The molecule has 0 N–H and O–H groups in total. The lowest BCUT2D eigenvalue weighted by atomic mass is 9.87. The van der Waals surface area contributed by atoms with Crippen molar-refractivity contribution in [3.8, 4) is 17.1 Å². The van der Waals surface area contributed by atoms with Gasteiger partial charge in [-0.2, -0.15) is 0 Å². The van der Waals surface area contributed by atoms with Crippen molar-refractivity contribution in [3.63, 3.8) is 0 Å². The molecule has 0 aliphatic rings. The molecule has 0 aliphatic carbocycles. The topological polar surface area (TPSA) is 43.9 Å². The molecule has 0 saturated heterocycles. The molecule has 0 amide bonds. The van der Waals surface area contributed by atoms with Crippen molar-refractivity contribution >= 4 is 33.1 Å². The van der Waals surface area contributed by atoms with Crippen LogP contribution in [0.4, 0.5) is 0 Å². The van der Waals surface area contributed by atoms with Crippen LogP contribution in [0.1, 0.15) is 58.4 Å². The van der Waals surface area contributed by atoms with Crippen molar-refractivity contribution in [2.24, 2.45) is 0 Å². The van der Waals surface area contributed by atoms with Gasteiger partial charge in [-0.15, -0.1) is 0 Å². The van der Waals surface area contributed by atoms with Gasteiger partial charge in [0.1, 0.15) is 11.4 Å². The fraction of sp³-hybridized carbons (Fsp3) is 0.273. The Balaban J connectivity index is 1.64. The van der Waals surface area contributed by atoms with E-state index in [1.165, 1.54) is 11.1 Å². The lowest BCUT2D eigenvalue weighted by Gasteiger charge is -2.19. The Morgan fingerprint density at radius 1 is 0.730 bits per heavy atom. The fourth-order valence-electron chi connectivity index (χ4n) is 5.10. The second-order valence-corrected chi connectivity index (χ2v) is 12.1. The van der Waals surface area contributed by atoms with E-state index in [4.69, 9.17) is 14.4 Å². The zero-order chi connectivity index (χ0) is 26.1. The maximum absolute atomic E-state index is 6.54. The maximum Gasteiger partial charge on any atom is 0.227 e. The number of aryl methyl sites for hydroxylation is 1. The van der Waals surface area contributed by atoms with E-state index in [0.29, 0.717) is 5.71 Å². The molecule has 0 saturated carbocycles. The van der Waals surface area contributed by atoms with Gasteiger partial charge in [-0.05, 0) is 65.9 Å². The first-order valence-electron chi connectivity index (χ1n) is 12.9. The van der Waals surface area contributed by atoms with Gasteiger partial charge in [0.2, 0.25) is 5.71 Å². The van der Waals surface area contributed by atoms with Crippen LogP contribution in [0.2, 0.25) is 0 Å². The average molecular weight is 488 g/mol. The third-order valence-corrected chi connectivity index (χ3v) is 7.26. The molecule has 3 aromatic heterocycles. The third kappa shape index (κ3) is 3.83. The molecule has 3 heterocycles. The summed E-state index contributed by atoms with van der Waals surface area (Å²) in [6.07, 6.45) is 0. The molecule has 37 heavy (non-hydrogen) atoms. The van der Waals surface area contributed by atoms with E-state index < -0.39 is 0 Å². The molecule has 6 rings (SSSR count). The normalized spacial score (nSPS) is 12.7. The Kier molecular flexibility index (Phi) is 5.10. The van der Waals surface area contributed by atoms with Gasteiger partial charge in [-0.25, -0.2) is 9.97 Å². The number of aromatic nitrogens is 3. The summed E-state index contributed by atoms with van der Waals surface area (Å²) in [5.74, 6) is 0.866. The molecule has 0 atom stereocenters. The third-order valence-electron chi connectivity index (χ3n) is 7.26. The Morgan fingerprint density at radius 3 is 2.16 bits per heavy atom. The fourth-order valence-corrected chi connectivity index (χ4v) is 5.10. The Bertz CT molecular complexity index is 1790. The highest BCUT2D eigenvalue weighted by molar-refractivity contribution is 6.10. The summed E-state index contributed by atoms with van der Waals surface area (Å²) in [5.41, 5.74) is 9.09. The van der Waals surface area contributed by atoms with Crippen LogP contribution in [0.3, 0.4) is 0 Å². The first-order chi connectivity index (χ1) is 17.5. The number of pyridine rings is 1. The zero-order valence-electron chi connectivity index (χ0n) is 22.7. The second kappa shape index (κ2) is 8.04. The van der Waals surface area contributed by atoms with E-state index in [-0.39, 0.29) is 10.8 Å². The van der Waals surface area contributed by atoms with Crippen molar-refractivity contribution in [1.82, 2.24) is 14.5 Å². The van der Waals surface area contributed by atoms with E-state index in [1.807, 2.05) is 6.07 Å². The number of hydrogen-bond acceptors (Lipinski definition) is 3. The predicted octanol–water partition coefficient (Wildman–Crippen LogP) is 8.89. The molecular weight excluding hydrogens is 454 g/mol. The molecule has 0 fully saturated rings. The highest BCUT2D eigenvalue weighted by atomic mass is 16.3. The van der Waals surface area contributed by atoms with Crippen molar-refractivity contribution < 1.29 is 4.42 Å². The highest BCUT2D eigenvalue weighted by Gasteiger charge is 2.23. The molecule has 3 aromatic carbocycles. The smallest absolute Gasteiger partial charge is 0.227 e. The molecule has 4 heteroatoms. The van der Waals surface area contributed by atoms with Crippen LogP contribution in [-0.4, -0.2) is 14.5 Å². The first-order valence-corrected chi connectivity index (χ1v) is 12.9. The minimum atomic E-state index is -0.0573. The van der Waals surface area contributed by atoms with Crippen molar-refractivity contribution in [2.75, 3.05) is 0 Å². The number of imidazole rings is 1. The Hall–Kier alpha value is -3.92. The number of para-hydroxylation sites is 2. The number of rotatable bonds is 2. The van der Waals surface area contributed by atoms with E-state index in [0.717, 1.165) is 50.2 Å². The summed E-state index contributed by atoms with van der Waals surface area (Å²) in [4.78, 5) is 10.0. The van der Waals surface area contributed by atoms with Gasteiger partial charge in [-0.3, -0.25) is 4.57 Å². The van der Waals surface area contributed by atoms with Gasteiger partial charge in [-0.1, -0.05) is 71.9 Å². The average Bonchev–Trinajstić information content (AvgIpc) is 3.42. The quantitative estimate of drug-likeness (QED) is 0.245. The summed E-state index contributed by atoms with van der Waals surface area (Å²) in [6, 6.07) is 25.7. The van der Waals surface area contributed by atoms with E-state index in [2.05, 4.69) is 120 Å². The molecular formula is C33H33N3O. The Labute approximate surface area is 218 Å². The maximum atomic E-state index is 6.54. The van der Waals surface area contributed by atoms with E-state index >= 15 is 0 Å². The van der Waals surface area contributed by atoms with Crippen LogP contribution < -0.4 is 0 Å². The molecule has 0 aliphatic heterocycles. The van der Waals surface area contributed by atoms with E-state index in [9.17, 15) is 0 Å². The zero-order valence-corrected chi connectivity index (χ0v) is 22.7.